The SMILES string of the molecule is COc1ccc(-n2c(CSCc3ccccc3C)n[nH]c2=S)c(OC)c1. The van der Waals surface area contributed by atoms with E-state index in [9.17, 15) is 0 Å². The van der Waals surface area contributed by atoms with Crippen molar-refractivity contribution in [2.24, 2.45) is 0 Å². The van der Waals surface area contributed by atoms with Gasteiger partial charge in [-0.2, -0.15) is 5.10 Å². The Morgan fingerprint density at radius 1 is 1.12 bits per heavy atom. The highest BCUT2D eigenvalue weighted by atomic mass is 32.2. The molecule has 0 fully saturated rings. The fraction of sp³-hybridized carbons (Fsp3) is 0.263. The van der Waals surface area contributed by atoms with Crippen molar-refractivity contribution in [1.82, 2.24) is 14.8 Å². The molecule has 3 aromatic rings. The lowest BCUT2D eigenvalue weighted by molar-refractivity contribution is 0.393. The van der Waals surface area contributed by atoms with Crippen LogP contribution in [0.15, 0.2) is 42.5 Å². The number of benzene rings is 2. The molecule has 0 saturated carbocycles. The second-order valence-electron chi connectivity index (χ2n) is 5.74. The predicted molar refractivity (Wildman–Crippen MR) is 108 cm³/mol. The van der Waals surface area contributed by atoms with Crippen molar-refractivity contribution in [2.75, 3.05) is 14.2 Å². The van der Waals surface area contributed by atoms with Crippen LogP contribution in [-0.4, -0.2) is 29.0 Å². The Morgan fingerprint density at radius 3 is 2.65 bits per heavy atom. The first kappa shape index (κ1) is 18.5. The van der Waals surface area contributed by atoms with E-state index in [4.69, 9.17) is 21.7 Å². The molecule has 136 valence electrons. The first-order chi connectivity index (χ1) is 12.6. The first-order valence-electron chi connectivity index (χ1n) is 8.15. The average Bonchev–Trinajstić information content (AvgIpc) is 3.03. The van der Waals surface area contributed by atoms with E-state index >= 15 is 0 Å². The number of nitrogens with one attached hydrogen (secondary N) is 1. The molecule has 0 aliphatic heterocycles. The molecule has 0 atom stereocenters. The van der Waals surface area contributed by atoms with Crippen LogP contribution in [0.25, 0.3) is 5.69 Å². The van der Waals surface area contributed by atoms with Gasteiger partial charge in [-0.1, -0.05) is 24.3 Å². The van der Waals surface area contributed by atoms with Crippen LogP contribution in [0.4, 0.5) is 0 Å². The second-order valence-corrected chi connectivity index (χ2v) is 7.11. The van der Waals surface area contributed by atoms with Crippen molar-refractivity contribution in [3.63, 3.8) is 0 Å². The van der Waals surface area contributed by atoms with Gasteiger partial charge in [0.25, 0.3) is 0 Å². The summed E-state index contributed by atoms with van der Waals surface area (Å²) in [6.07, 6.45) is 0. The highest BCUT2D eigenvalue weighted by Gasteiger charge is 2.14. The lowest BCUT2D eigenvalue weighted by Gasteiger charge is -2.13. The Balaban J connectivity index is 1.84. The van der Waals surface area contributed by atoms with E-state index in [2.05, 4.69) is 41.4 Å². The fourth-order valence-corrected chi connectivity index (χ4v) is 3.94. The first-order valence-corrected chi connectivity index (χ1v) is 9.71. The minimum Gasteiger partial charge on any atom is -0.497 e. The third kappa shape index (κ3) is 3.94. The van der Waals surface area contributed by atoms with E-state index in [1.165, 1.54) is 11.1 Å². The summed E-state index contributed by atoms with van der Waals surface area (Å²) in [6, 6.07) is 14.1. The van der Waals surface area contributed by atoms with Crippen molar-refractivity contribution < 1.29 is 9.47 Å². The number of nitrogens with zero attached hydrogens (tertiary/aromatic N) is 2. The molecule has 0 saturated heterocycles. The molecule has 1 heterocycles. The molecule has 3 rings (SSSR count). The normalized spacial score (nSPS) is 10.7. The molecule has 0 radical (unpaired) electrons. The van der Waals surface area contributed by atoms with Crippen molar-refractivity contribution in [3.05, 3.63) is 64.2 Å². The second kappa shape index (κ2) is 8.42. The summed E-state index contributed by atoms with van der Waals surface area (Å²) in [5.41, 5.74) is 3.48. The van der Waals surface area contributed by atoms with Gasteiger partial charge < -0.3 is 9.47 Å². The maximum absolute atomic E-state index is 5.52. The van der Waals surface area contributed by atoms with E-state index < -0.39 is 0 Å². The van der Waals surface area contributed by atoms with Gasteiger partial charge >= 0.3 is 0 Å². The molecular weight excluding hydrogens is 366 g/mol. The average molecular weight is 388 g/mol. The maximum Gasteiger partial charge on any atom is 0.200 e. The van der Waals surface area contributed by atoms with Gasteiger partial charge in [-0.15, -0.1) is 11.8 Å². The van der Waals surface area contributed by atoms with Crippen LogP contribution >= 0.6 is 24.0 Å². The summed E-state index contributed by atoms with van der Waals surface area (Å²) in [5, 5.41) is 7.29. The van der Waals surface area contributed by atoms with Crippen molar-refractivity contribution in [2.45, 2.75) is 18.4 Å². The zero-order valence-corrected chi connectivity index (χ0v) is 16.6. The molecule has 26 heavy (non-hydrogen) atoms. The minimum atomic E-state index is 0.542. The van der Waals surface area contributed by atoms with E-state index in [-0.39, 0.29) is 0 Å². The van der Waals surface area contributed by atoms with Crippen molar-refractivity contribution in [3.8, 4) is 17.2 Å². The fourth-order valence-electron chi connectivity index (χ4n) is 2.67. The van der Waals surface area contributed by atoms with Crippen LogP contribution < -0.4 is 9.47 Å². The quantitative estimate of drug-likeness (QED) is 0.596. The summed E-state index contributed by atoms with van der Waals surface area (Å²) in [5.74, 6) is 3.93. The van der Waals surface area contributed by atoms with Crippen LogP contribution in [0.3, 0.4) is 0 Å². The number of aryl methyl sites for hydroxylation is 1. The number of aromatic amines is 1. The van der Waals surface area contributed by atoms with Crippen LogP contribution in [0.2, 0.25) is 0 Å². The number of hydrogen-bond acceptors (Lipinski definition) is 5. The van der Waals surface area contributed by atoms with Crippen molar-refractivity contribution in [1.29, 1.82) is 0 Å². The highest BCUT2D eigenvalue weighted by molar-refractivity contribution is 7.97. The molecule has 1 aromatic heterocycles. The Morgan fingerprint density at radius 2 is 1.92 bits per heavy atom. The lowest BCUT2D eigenvalue weighted by atomic mass is 10.1. The zero-order chi connectivity index (χ0) is 18.5. The summed E-state index contributed by atoms with van der Waals surface area (Å²) in [6.45, 7) is 2.13. The minimum absolute atomic E-state index is 0.542. The molecule has 0 bridgehead atoms. The Labute approximate surface area is 162 Å². The molecule has 0 unspecified atom stereocenters. The summed E-state index contributed by atoms with van der Waals surface area (Å²) < 4.78 is 13.2. The van der Waals surface area contributed by atoms with E-state index in [0.29, 0.717) is 10.5 Å². The number of hydrogen-bond donors (Lipinski definition) is 1. The molecule has 5 nitrogen and oxygen atoms in total. The van der Waals surface area contributed by atoms with Gasteiger partial charge in [0.1, 0.15) is 17.3 Å². The molecule has 7 heteroatoms. The maximum atomic E-state index is 5.52. The number of thioether (sulfide) groups is 1. The zero-order valence-electron chi connectivity index (χ0n) is 15.0. The van der Waals surface area contributed by atoms with E-state index in [0.717, 1.165) is 28.8 Å². The number of ether oxygens (including phenoxy) is 2. The monoisotopic (exact) mass is 387 g/mol. The summed E-state index contributed by atoms with van der Waals surface area (Å²) in [4.78, 5) is 0. The van der Waals surface area contributed by atoms with Gasteiger partial charge in [0.2, 0.25) is 0 Å². The molecular formula is C19H21N3O2S2. The van der Waals surface area contributed by atoms with Crippen molar-refractivity contribution >= 4 is 24.0 Å². The number of rotatable bonds is 7. The third-order valence-corrected chi connectivity index (χ3v) is 5.37. The molecule has 0 amide bonds. The Hall–Kier alpha value is -2.25. The third-order valence-electron chi connectivity index (χ3n) is 4.12. The van der Waals surface area contributed by atoms with Crippen LogP contribution in [0.5, 0.6) is 11.5 Å². The van der Waals surface area contributed by atoms with E-state index in [1.54, 1.807) is 26.0 Å². The molecule has 0 spiro atoms. The van der Waals surface area contributed by atoms with Gasteiger partial charge in [-0.3, -0.25) is 9.67 Å². The Kier molecular flexibility index (Phi) is 6.00. The van der Waals surface area contributed by atoms with E-state index in [1.807, 2.05) is 22.8 Å². The molecule has 2 aromatic carbocycles. The van der Waals surface area contributed by atoms with Gasteiger partial charge in [0.05, 0.1) is 25.7 Å². The molecule has 0 aliphatic carbocycles. The standard InChI is InChI=1S/C19H21N3O2S2/c1-13-6-4-5-7-14(13)11-26-12-18-20-21-19(25)22(18)16-9-8-15(23-2)10-17(16)24-3/h4-10H,11-12H2,1-3H3,(H,21,25). The summed E-state index contributed by atoms with van der Waals surface area (Å²) in [7, 11) is 3.26. The van der Waals surface area contributed by atoms with Gasteiger partial charge in [-0.05, 0) is 42.4 Å². The van der Waals surface area contributed by atoms with Crippen LogP contribution in [-0.2, 0) is 11.5 Å². The summed E-state index contributed by atoms with van der Waals surface area (Å²) >= 11 is 7.24. The molecule has 0 aliphatic rings. The lowest BCUT2D eigenvalue weighted by Crippen LogP contribution is -2.03. The Bertz CT molecular complexity index is 950. The number of methoxy groups -OCH3 is 2. The highest BCUT2D eigenvalue weighted by Crippen LogP contribution is 2.30. The predicted octanol–water partition coefficient (Wildman–Crippen LogP) is 4.69. The van der Waals surface area contributed by atoms with Gasteiger partial charge in [0.15, 0.2) is 4.77 Å². The largest absolute Gasteiger partial charge is 0.497 e. The smallest absolute Gasteiger partial charge is 0.200 e. The number of H-pyrrole nitrogens is 1. The number of aromatic nitrogens is 3. The van der Waals surface area contributed by atoms with Gasteiger partial charge in [0, 0.05) is 11.8 Å². The van der Waals surface area contributed by atoms with Crippen LogP contribution in [0, 0.1) is 11.7 Å². The molecule has 1 N–H and O–H groups in total. The van der Waals surface area contributed by atoms with Gasteiger partial charge in [-0.25, -0.2) is 0 Å². The topological polar surface area (TPSA) is 52.1 Å². The van der Waals surface area contributed by atoms with Crippen LogP contribution in [0.1, 0.15) is 17.0 Å².